The van der Waals surface area contributed by atoms with E-state index in [2.05, 4.69) is 4.90 Å². The highest BCUT2D eigenvalue weighted by atomic mass is 19.1. The van der Waals surface area contributed by atoms with Gasteiger partial charge in [-0.05, 0) is 49.1 Å². The van der Waals surface area contributed by atoms with E-state index in [0.29, 0.717) is 18.0 Å². The van der Waals surface area contributed by atoms with Gasteiger partial charge in [0.05, 0.1) is 0 Å². The quantitative estimate of drug-likeness (QED) is 0.555. The first-order valence-electron chi connectivity index (χ1n) is 6.55. The molecule has 0 saturated carbocycles. The maximum absolute atomic E-state index is 13.5. The number of benzene rings is 1. The monoisotopic (exact) mass is 265 g/mol. The van der Waals surface area contributed by atoms with Crippen molar-refractivity contribution in [1.82, 2.24) is 4.90 Å². The molecule has 1 aromatic carbocycles. The van der Waals surface area contributed by atoms with Crippen LogP contribution in [0.4, 0.5) is 4.39 Å². The van der Waals surface area contributed by atoms with Crippen LogP contribution in [0.3, 0.4) is 0 Å². The van der Waals surface area contributed by atoms with E-state index in [0.717, 1.165) is 31.5 Å². The second-order valence-electron chi connectivity index (χ2n) is 5.16. The van der Waals surface area contributed by atoms with Crippen LogP contribution < -0.4 is 5.73 Å². The summed E-state index contributed by atoms with van der Waals surface area (Å²) in [5.41, 5.74) is 6.67. The summed E-state index contributed by atoms with van der Waals surface area (Å²) in [6, 6.07) is 4.54. The van der Waals surface area contributed by atoms with Gasteiger partial charge in [0.15, 0.2) is 0 Å². The van der Waals surface area contributed by atoms with Crippen molar-refractivity contribution in [1.29, 1.82) is 5.41 Å². The van der Waals surface area contributed by atoms with Crippen molar-refractivity contribution in [3.05, 3.63) is 35.1 Å². The van der Waals surface area contributed by atoms with E-state index in [1.165, 1.54) is 12.1 Å². The Hall–Kier alpha value is -1.46. The van der Waals surface area contributed by atoms with Crippen molar-refractivity contribution in [2.24, 2.45) is 11.7 Å². The van der Waals surface area contributed by atoms with Gasteiger partial charge in [-0.2, -0.15) is 0 Å². The SMILES string of the molecule is N=C(N)c1cc(F)cc(CN2CCC(CCO)C2)c1. The van der Waals surface area contributed by atoms with Crippen LogP contribution in [0.15, 0.2) is 18.2 Å². The number of nitrogens with two attached hydrogens (primary N) is 1. The minimum Gasteiger partial charge on any atom is -0.396 e. The Kier molecular flexibility index (Phi) is 4.50. The maximum atomic E-state index is 13.5. The fourth-order valence-electron chi connectivity index (χ4n) is 2.63. The van der Waals surface area contributed by atoms with Crippen molar-refractivity contribution >= 4 is 5.84 Å². The Labute approximate surface area is 112 Å². The van der Waals surface area contributed by atoms with Crippen LogP contribution in [-0.2, 0) is 6.54 Å². The van der Waals surface area contributed by atoms with Crippen LogP contribution >= 0.6 is 0 Å². The van der Waals surface area contributed by atoms with Gasteiger partial charge in [0.1, 0.15) is 11.7 Å². The maximum Gasteiger partial charge on any atom is 0.124 e. The average Bonchev–Trinajstić information content (AvgIpc) is 2.76. The molecular weight excluding hydrogens is 245 g/mol. The topological polar surface area (TPSA) is 73.3 Å². The van der Waals surface area contributed by atoms with Crippen LogP contribution in [0.5, 0.6) is 0 Å². The number of aliphatic hydroxyl groups is 1. The van der Waals surface area contributed by atoms with E-state index in [9.17, 15) is 4.39 Å². The molecule has 4 N–H and O–H groups in total. The van der Waals surface area contributed by atoms with Crippen LogP contribution in [0.1, 0.15) is 24.0 Å². The van der Waals surface area contributed by atoms with Crippen LogP contribution in [-0.4, -0.2) is 35.5 Å². The van der Waals surface area contributed by atoms with Gasteiger partial charge in [0.25, 0.3) is 0 Å². The molecule has 1 fully saturated rings. The number of halogens is 1. The second kappa shape index (κ2) is 6.12. The molecule has 0 amide bonds. The van der Waals surface area contributed by atoms with Gasteiger partial charge in [0, 0.05) is 25.3 Å². The van der Waals surface area contributed by atoms with Crippen molar-refractivity contribution in [2.45, 2.75) is 19.4 Å². The third-order valence-corrected chi connectivity index (χ3v) is 3.58. The molecule has 1 saturated heterocycles. The van der Waals surface area contributed by atoms with Crippen molar-refractivity contribution < 1.29 is 9.50 Å². The van der Waals surface area contributed by atoms with Crippen LogP contribution in [0.25, 0.3) is 0 Å². The van der Waals surface area contributed by atoms with Crippen molar-refractivity contribution in [3.63, 3.8) is 0 Å². The predicted molar refractivity (Wildman–Crippen MR) is 72.5 cm³/mol. The molecule has 0 radical (unpaired) electrons. The van der Waals surface area contributed by atoms with Gasteiger partial charge in [-0.3, -0.25) is 10.3 Å². The van der Waals surface area contributed by atoms with Gasteiger partial charge in [-0.25, -0.2) is 4.39 Å². The number of hydrogen-bond donors (Lipinski definition) is 3. The molecule has 0 aromatic heterocycles. The number of likely N-dealkylation sites (tertiary alicyclic amines) is 1. The van der Waals surface area contributed by atoms with E-state index in [-0.39, 0.29) is 18.3 Å². The highest BCUT2D eigenvalue weighted by Crippen LogP contribution is 2.21. The van der Waals surface area contributed by atoms with Gasteiger partial charge >= 0.3 is 0 Å². The number of hydrogen-bond acceptors (Lipinski definition) is 3. The van der Waals surface area contributed by atoms with Gasteiger partial charge in [-0.1, -0.05) is 0 Å². The summed E-state index contributed by atoms with van der Waals surface area (Å²) in [4.78, 5) is 2.25. The summed E-state index contributed by atoms with van der Waals surface area (Å²) in [5.74, 6) is 0.0694. The number of nitrogens with one attached hydrogen (secondary N) is 1. The van der Waals surface area contributed by atoms with Gasteiger partial charge in [0.2, 0.25) is 0 Å². The highest BCUT2D eigenvalue weighted by Gasteiger charge is 2.22. The zero-order valence-electron chi connectivity index (χ0n) is 10.9. The summed E-state index contributed by atoms with van der Waals surface area (Å²) in [6.07, 6.45) is 1.91. The lowest BCUT2D eigenvalue weighted by molar-refractivity contribution is 0.249. The summed E-state index contributed by atoms with van der Waals surface area (Å²) in [5, 5.41) is 16.3. The molecule has 0 aliphatic carbocycles. The zero-order chi connectivity index (χ0) is 13.8. The van der Waals surface area contributed by atoms with E-state index in [1.54, 1.807) is 6.07 Å². The molecule has 104 valence electrons. The Morgan fingerprint density at radius 1 is 1.47 bits per heavy atom. The molecule has 2 rings (SSSR count). The molecule has 1 aliphatic rings. The Morgan fingerprint density at radius 3 is 2.95 bits per heavy atom. The number of rotatable bonds is 5. The molecule has 19 heavy (non-hydrogen) atoms. The third-order valence-electron chi connectivity index (χ3n) is 3.58. The predicted octanol–water partition coefficient (Wildman–Crippen LogP) is 1.31. The van der Waals surface area contributed by atoms with Crippen molar-refractivity contribution in [3.8, 4) is 0 Å². The first-order valence-corrected chi connectivity index (χ1v) is 6.55. The number of aliphatic hydroxyl groups excluding tert-OH is 1. The van der Waals surface area contributed by atoms with Gasteiger partial charge in [-0.15, -0.1) is 0 Å². The smallest absolute Gasteiger partial charge is 0.124 e. The molecule has 0 bridgehead atoms. The van der Waals surface area contributed by atoms with Crippen LogP contribution in [0.2, 0.25) is 0 Å². The number of nitrogen functional groups attached to an aromatic ring is 1. The molecule has 1 unspecified atom stereocenters. The van der Waals surface area contributed by atoms with E-state index in [1.807, 2.05) is 0 Å². The molecule has 0 spiro atoms. The summed E-state index contributed by atoms with van der Waals surface area (Å²) >= 11 is 0. The summed E-state index contributed by atoms with van der Waals surface area (Å²) < 4.78 is 13.5. The fourth-order valence-corrected chi connectivity index (χ4v) is 2.63. The molecule has 1 atom stereocenters. The number of nitrogens with zero attached hydrogens (tertiary/aromatic N) is 1. The molecule has 1 aliphatic heterocycles. The first-order chi connectivity index (χ1) is 9.08. The fraction of sp³-hybridized carbons (Fsp3) is 0.500. The molecule has 4 nitrogen and oxygen atoms in total. The zero-order valence-corrected chi connectivity index (χ0v) is 10.9. The summed E-state index contributed by atoms with van der Waals surface area (Å²) in [6.45, 7) is 2.80. The Balaban J connectivity index is 2.01. The number of amidine groups is 1. The Bertz CT molecular complexity index is 464. The molecule has 1 heterocycles. The lowest BCUT2D eigenvalue weighted by Gasteiger charge is -2.16. The average molecular weight is 265 g/mol. The van der Waals surface area contributed by atoms with Gasteiger partial charge < -0.3 is 10.8 Å². The largest absolute Gasteiger partial charge is 0.396 e. The van der Waals surface area contributed by atoms with Crippen molar-refractivity contribution in [2.75, 3.05) is 19.7 Å². The molecule has 1 aromatic rings. The van der Waals surface area contributed by atoms with E-state index >= 15 is 0 Å². The normalized spacial score (nSPS) is 19.8. The second-order valence-corrected chi connectivity index (χ2v) is 5.16. The third kappa shape index (κ3) is 3.75. The molecule has 5 heteroatoms. The standard InChI is InChI=1S/C14H20FN3O/c15-13-6-11(5-12(7-13)14(16)17)9-18-3-1-10(8-18)2-4-19/h5-7,10,19H,1-4,8-9H2,(H3,16,17). The first kappa shape index (κ1) is 14.0. The lowest BCUT2D eigenvalue weighted by atomic mass is 10.1. The minimum atomic E-state index is -0.353. The lowest BCUT2D eigenvalue weighted by Crippen LogP contribution is -2.21. The van der Waals surface area contributed by atoms with Crippen LogP contribution in [0, 0.1) is 17.1 Å². The molecular formula is C14H20FN3O. The summed E-state index contributed by atoms with van der Waals surface area (Å²) in [7, 11) is 0. The highest BCUT2D eigenvalue weighted by molar-refractivity contribution is 5.95. The Morgan fingerprint density at radius 2 is 2.26 bits per heavy atom. The van der Waals surface area contributed by atoms with E-state index in [4.69, 9.17) is 16.2 Å². The minimum absolute atomic E-state index is 0.111. The van der Waals surface area contributed by atoms with E-state index < -0.39 is 0 Å².